The fourth-order valence-electron chi connectivity index (χ4n) is 2.95. The monoisotopic (exact) mass is 210 g/mol. The molecule has 2 rings (SSSR count). The maximum absolute atomic E-state index is 10.3. The zero-order chi connectivity index (χ0) is 10.9. The minimum Gasteiger partial charge on any atom is -0.495 e. The van der Waals surface area contributed by atoms with Gasteiger partial charge in [0.05, 0.1) is 6.61 Å². The van der Waals surface area contributed by atoms with Crippen molar-refractivity contribution in [2.24, 2.45) is 11.3 Å². The molecule has 0 aromatic rings. The molecule has 2 unspecified atom stereocenters. The van der Waals surface area contributed by atoms with Gasteiger partial charge in [-0.15, -0.1) is 0 Å². The van der Waals surface area contributed by atoms with Gasteiger partial charge in [-0.2, -0.15) is 0 Å². The molecular weight excluding hydrogens is 188 g/mol. The minimum atomic E-state index is -0.372. The van der Waals surface area contributed by atoms with Gasteiger partial charge in [-0.25, -0.2) is 0 Å². The number of hydrogen-bond acceptors (Lipinski definition) is 2. The van der Waals surface area contributed by atoms with E-state index in [1.165, 1.54) is 19.3 Å². The third-order valence-electron chi connectivity index (χ3n) is 3.99. The van der Waals surface area contributed by atoms with Gasteiger partial charge >= 0.3 is 0 Å². The van der Waals surface area contributed by atoms with E-state index in [0.29, 0.717) is 5.92 Å². The predicted octanol–water partition coefficient (Wildman–Crippen LogP) is 2.87. The van der Waals surface area contributed by atoms with E-state index in [4.69, 9.17) is 4.74 Å². The van der Waals surface area contributed by atoms with E-state index in [0.717, 1.165) is 25.2 Å². The molecule has 1 aliphatic heterocycles. The first-order chi connectivity index (χ1) is 7.11. The highest BCUT2D eigenvalue weighted by Gasteiger charge is 2.39. The Kier molecular flexibility index (Phi) is 3.06. The number of hydrogen-bond donors (Lipinski definition) is 1. The standard InChI is InChI=1S/C13H22O2/c1-13(2)8-4-3-6-10(13)12(14)11-7-5-9-15-11/h7,10,12,14H,3-6,8-9H2,1-2H3. The Morgan fingerprint density at radius 3 is 2.87 bits per heavy atom. The van der Waals surface area contributed by atoms with E-state index in [9.17, 15) is 5.11 Å². The molecule has 1 N–H and O–H groups in total. The molecule has 1 heterocycles. The van der Waals surface area contributed by atoms with Crippen molar-refractivity contribution in [2.45, 2.75) is 52.1 Å². The lowest BCUT2D eigenvalue weighted by molar-refractivity contribution is -0.00349. The van der Waals surface area contributed by atoms with Crippen LogP contribution in [-0.2, 0) is 4.74 Å². The molecule has 86 valence electrons. The van der Waals surface area contributed by atoms with Crippen LogP contribution in [0.2, 0.25) is 0 Å². The Bertz CT molecular complexity index is 255. The molecule has 0 aromatic carbocycles. The quantitative estimate of drug-likeness (QED) is 0.759. The predicted molar refractivity (Wildman–Crippen MR) is 60.4 cm³/mol. The maximum Gasteiger partial charge on any atom is 0.121 e. The highest BCUT2D eigenvalue weighted by molar-refractivity contribution is 5.08. The van der Waals surface area contributed by atoms with Crippen molar-refractivity contribution in [3.8, 4) is 0 Å². The van der Waals surface area contributed by atoms with Crippen LogP contribution in [0.1, 0.15) is 46.0 Å². The van der Waals surface area contributed by atoms with Crippen LogP contribution in [0.25, 0.3) is 0 Å². The van der Waals surface area contributed by atoms with E-state index in [1.807, 2.05) is 0 Å². The summed E-state index contributed by atoms with van der Waals surface area (Å²) in [5.41, 5.74) is 0.254. The van der Waals surface area contributed by atoms with Gasteiger partial charge in [-0.05, 0) is 30.3 Å². The summed E-state index contributed by atoms with van der Waals surface area (Å²) in [6.07, 6.45) is 7.54. The molecule has 0 bridgehead atoms. The van der Waals surface area contributed by atoms with E-state index in [2.05, 4.69) is 19.9 Å². The van der Waals surface area contributed by atoms with Crippen LogP contribution in [0.15, 0.2) is 11.8 Å². The molecule has 1 saturated carbocycles. The fraction of sp³-hybridized carbons (Fsp3) is 0.846. The van der Waals surface area contributed by atoms with Crippen molar-refractivity contribution in [1.29, 1.82) is 0 Å². The van der Waals surface area contributed by atoms with Gasteiger partial charge in [0, 0.05) is 6.42 Å². The van der Waals surface area contributed by atoms with Crippen LogP contribution in [-0.4, -0.2) is 17.8 Å². The van der Waals surface area contributed by atoms with E-state index >= 15 is 0 Å². The highest BCUT2D eigenvalue weighted by atomic mass is 16.5. The van der Waals surface area contributed by atoms with Gasteiger partial charge in [0.1, 0.15) is 11.9 Å². The van der Waals surface area contributed by atoms with Crippen LogP contribution in [0, 0.1) is 11.3 Å². The van der Waals surface area contributed by atoms with Gasteiger partial charge < -0.3 is 9.84 Å². The summed E-state index contributed by atoms with van der Waals surface area (Å²) in [5.74, 6) is 1.20. The molecule has 2 nitrogen and oxygen atoms in total. The van der Waals surface area contributed by atoms with E-state index in [-0.39, 0.29) is 11.5 Å². The van der Waals surface area contributed by atoms with Gasteiger partial charge in [0.25, 0.3) is 0 Å². The smallest absolute Gasteiger partial charge is 0.121 e. The van der Waals surface area contributed by atoms with E-state index < -0.39 is 0 Å². The zero-order valence-corrected chi connectivity index (χ0v) is 9.83. The van der Waals surface area contributed by atoms with Gasteiger partial charge in [-0.1, -0.05) is 26.7 Å². The number of aliphatic hydroxyl groups excluding tert-OH is 1. The summed E-state index contributed by atoms with van der Waals surface area (Å²) in [5, 5.41) is 10.3. The largest absolute Gasteiger partial charge is 0.495 e. The minimum absolute atomic E-state index is 0.254. The Balaban J connectivity index is 2.07. The highest BCUT2D eigenvalue weighted by Crippen LogP contribution is 2.44. The lowest BCUT2D eigenvalue weighted by atomic mass is 9.66. The van der Waals surface area contributed by atoms with Crippen LogP contribution in [0.3, 0.4) is 0 Å². The summed E-state index contributed by atoms with van der Waals surface area (Å²) in [6.45, 7) is 5.30. The molecule has 0 aromatic heterocycles. The fourth-order valence-corrected chi connectivity index (χ4v) is 2.95. The first-order valence-corrected chi connectivity index (χ1v) is 6.12. The van der Waals surface area contributed by atoms with Crippen molar-refractivity contribution in [3.05, 3.63) is 11.8 Å². The van der Waals surface area contributed by atoms with Gasteiger partial charge in [0.15, 0.2) is 0 Å². The lowest BCUT2D eigenvalue weighted by Gasteiger charge is -2.41. The summed E-state index contributed by atoms with van der Waals surface area (Å²) < 4.78 is 5.47. The summed E-state index contributed by atoms with van der Waals surface area (Å²) in [6, 6.07) is 0. The maximum atomic E-state index is 10.3. The first kappa shape index (κ1) is 11.0. The second-order valence-corrected chi connectivity index (χ2v) is 5.53. The molecule has 0 radical (unpaired) electrons. The molecule has 15 heavy (non-hydrogen) atoms. The summed E-state index contributed by atoms with van der Waals surface area (Å²) in [4.78, 5) is 0. The van der Waals surface area contributed by atoms with Crippen LogP contribution < -0.4 is 0 Å². The average Bonchev–Trinajstić information content (AvgIpc) is 2.69. The van der Waals surface area contributed by atoms with E-state index in [1.54, 1.807) is 0 Å². The Labute approximate surface area is 92.3 Å². The molecule has 2 aliphatic rings. The number of aliphatic hydroxyl groups is 1. The number of rotatable bonds is 2. The molecule has 2 heteroatoms. The molecule has 1 aliphatic carbocycles. The lowest BCUT2D eigenvalue weighted by Crippen LogP contribution is -2.37. The van der Waals surface area contributed by atoms with Crippen molar-refractivity contribution < 1.29 is 9.84 Å². The first-order valence-electron chi connectivity index (χ1n) is 6.12. The Hall–Kier alpha value is -0.500. The summed E-state index contributed by atoms with van der Waals surface area (Å²) >= 11 is 0. The van der Waals surface area contributed by atoms with Crippen LogP contribution in [0.4, 0.5) is 0 Å². The van der Waals surface area contributed by atoms with Gasteiger partial charge in [-0.3, -0.25) is 0 Å². The molecule has 1 fully saturated rings. The van der Waals surface area contributed by atoms with Crippen molar-refractivity contribution in [1.82, 2.24) is 0 Å². The SMILES string of the molecule is CC1(C)CCCCC1C(O)C1=CCCO1. The van der Waals surface area contributed by atoms with Crippen LogP contribution >= 0.6 is 0 Å². The molecule has 0 amide bonds. The zero-order valence-electron chi connectivity index (χ0n) is 9.83. The summed E-state index contributed by atoms with van der Waals surface area (Å²) in [7, 11) is 0. The Morgan fingerprint density at radius 1 is 1.47 bits per heavy atom. The second kappa shape index (κ2) is 4.17. The van der Waals surface area contributed by atoms with Crippen molar-refractivity contribution in [3.63, 3.8) is 0 Å². The third-order valence-corrected chi connectivity index (χ3v) is 3.99. The van der Waals surface area contributed by atoms with Crippen LogP contribution in [0.5, 0.6) is 0 Å². The average molecular weight is 210 g/mol. The third kappa shape index (κ3) is 2.20. The Morgan fingerprint density at radius 2 is 2.27 bits per heavy atom. The normalized spacial score (nSPS) is 31.9. The topological polar surface area (TPSA) is 29.5 Å². The molecule has 0 spiro atoms. The van der Waals surface area contributed by atoms with Crippen molar-refractivity contribution >= 4 is 0 Å². The van der Waals surface area contributed by atoms with Gasteiger partial charge in [0.2, 0.25) is 0 Å². The second-order valence-electron chi connectivity index (χ2n) is 5.53. The molecule has 2 atom stereocenters. The number of ether oxygens (including phenoxy) is 1. The van der Waals surface area contributed by atoms with Crippen molar-refractivity contribution in [2.75, 3.05) is 6.61 Å². The molecular formula is C13H22O2. The molecule has 0 saturated heterocycles.